The third-order valence-corrected chi connectivity index (χ3v) is 2.75. The third kappa shape index (κ3) is 4.72. The van der Waals surface area contributed by atoms with Crippen molar-refractivity contribution in [3.8, 4) is 0 Å². The summed E-state index contributed by atoms with van der Waals surface area (Å²) in [6.07, 6.45) is 0. The van der Waals surface area contributed by atoms with Gasteiger partial charge in [-0.1, -0.05) is 0 Å². The van der Waals surface area contributed by atoms with E-state index in [2.05, 4.69) is 24.4 Å². The molecular formula is C10H17NO2S. The average molecular weight is 215 g/mol. The molecule has 1 aromatic rings. The van der Waals surface area contributed by atoms with Gasteiger partial charge in [0.15, 0.2) is 0 Å². The van der Waals surface area contributed by atoms with Crippen LogP contribution in [0.1, 0.15) is 9.75 Å². The summed E-state index contributed by atoms with van der Waals surface area (Å²) in [4.78, 5) is 2.70. The fourth-order valence-electron chi connectivity index (χ4n) is 1.10. The predicted molar refractivity (Wildman–Crippen MR) is 58.7 cm³/mol. The summed E-state index contributed by atoms with van der Waals surface area (Å²) in [5.74, 6) is 0. The first-order valence-corrected chi connectivity index (χ1v) is 5.59. The van der Waals surface area contributed by atoms with Crippen molar-refractivity contribution in [3.63, 3.8) is 0 Å². The van der Waals surface area contributed by atoms with E-state index >= 15 is 0 Å². The van der Waals surface area contributed by atoms with Gasteiger partial charge in [-0.25, -0.2) is 0 Å². The highest BCUT2D eigenvalue weighted by Crippen LogP contribution is 2.14. The summed E-state index contributed by atoms with van der Waals surface area (Å²) < 4.78 is 5.12. The minimum Gasteiger partial charge on any atom is -0.394 e. The van der Waals surface area contributed by atoms with Crippen molar-refractivity contribution in [1.29, 1.82) is 0 Å². The number of aliphatic hydroxyl groups excluding tert-OH is 1. The molecule has 0 unspecified atom stereocenters. The molecule has 0 aliphatic rings. The van der Waals surface area contributed by atoms with E-state index in [4.69, 9.17) is 9.84 Å². The number of ether oxygens (including phenoxy) is 1. The lowest BCUT2D eigenvalue weighted by Gasteiger charge is -2.03. The molecule has 14 heavy (non-hydrogen) atoms. The number of rotatable bonds is 7. The molecule has 0 fully saturated rings. The zero-order valence-corrected chi connectivity index (χ0v) is 9.27. The molecule has 0 amide bonds. The summed E-state index contributed by atoms with van der Waals surface area (Å²) >= 11 is 1.81. The van der Waals surface area contributed by atoms with Crippen LogP contribution in [0.25, 0.3) is 0 Å². The van der Waals surface area contributed by atoms with E-state index < -0.39 is 0 Å². The lowest BCUT2D eigenvalue weighted by atomic mass is 10.4. The standard InChI is InChI=1S/C10H17NO2S/c1-9-2-3-10(14-9)8-11-4-6-13-7-5-12/h2-3,11-12H,4-8H2,1H3. The fourth-order valence-corrected chi connectivity index (χ4v) is 1.96. The zero-order chi connectivity index (χ0) is 10.2. The molecule has 0 saturated heterocycles. The van der Waals surface area contributed by atoms with Crippen LogP contribution in [0.3, 0.4) is 0 Å². The van der Waals surface area contributed by atoms with Gasteiger partial charge in [-0.2, -0.15) is 0 Å². The maximum atomic E-state index is 8.46. The second kappa shape index (κ2) is 6.95. The third-order valence-electron chi connectivity index (χ3n) is 1.75. The monoisotopic (exact) mass is 215 g/mol. The van der Waals surface area contributed by atoms with Crippen molar-refractivity contribution in [3.05, 3.63) is 21.9 Å². The Morgan fingerprint density at radius 3 is 2.93 bits per heavy atom. The second-order valence-corrected chi connectivity index (χ2v) is 4.40. The number of thiophene rings is 1. The Morgan fingerprint density at radius 1 is 1.43 bits per heavy atom. The van der Waals surface area contributed by atoms with E-state index in [0.29, 0.717) is 13.2 Å². The highest BCUT2D eigenvalue weighted by Gasteiger charge is 1.95. The number of nitrogens with one attached hydrogen (secondary N) is 1. The van der Waals surface area contributed by atoms with Crippen LogP contribution >= 0.6 is 11.3 Å². The lowest BCUT2D eigenvalue weighted by Crippen LogP contribution is -2.19. The fraction of sp³-hybridized carbons (Fsp3) is 0.600. The van der Waals surface area contributed by atoms with E-state index in [1.165, 1.54) is 9.75 Å². The first kappa shape index (κ1) is 11.7. The predicted octanol–water partition coefficient (Wildman–Crippen LogP) is 1.16. The van der Waals surface area contributed by atoms with Gasteiger partial charge in [0.05, 0.1) is 19.8 Å². The minimum atomic E-state index is 0.101. The van der Waals surface area contributed by atoms with Crippen LogP contribution < -0.4 is 5.32 Å². The van der Waals surface area contributed by atoms with Crippen LogP contribution in [0.2, 0.25) is 0 Å². The Morgan fingerprint density at radius 2 is 2.29 bits per heavy atom. The average Bonchev–Trinajstić information content (AvgIpc) is 2.58. The quantitative estimate of drug-likeness (QED) is 0.671. The largest absolute Gasteiger partial charge is 0.394 e. The van der Waals surface area contributed by atoms with Crippen LogP contribution in [0.4, 0.5) is 0 Å². The van der Waals surface area contributed by atoms with Crippen molar-refractivity contribution in [2.45, 2.75) is 13.5 Å². The summed E-state index contributed by atoms with van der Waals surface area (Å²) in [6, 6.07) is 4.27. The van der Waals surface area contributed by atoms with E-state index in [-0.39, 0.29) is 6.61 Å². The topological polar surface area (TPSA) is 41.5 Å². The van der Waals surface area contributed by atoms with Crippen molar-refractivity contribution in [2.75, 3.05) is 26.4 Å². The molecule has 0 aromatic carbocycles. The first-order valence-electron chi connectivity index (χ1n) is 4.77. The summed E-state index contributed by atoms with van der Waals surface area (Å²) in [5, 5.41) is 11.7. The molecule has 2 N–H and O–H groups in total. The van der Waals surface area contributed by atoms with E-state index in [9.17, 15) is 0 Å². The van der Waals surface area contributed by atoms with Gasteiger partial charge in [-0.3, -0.25) is 0 Å². The summed E-state index contributed by atoms with van der Waals surface area (Å²) in [7, 11) is 0. The van der Waals surface area contributed by atoms with E-state index in [0.717, 1.165) is 13.1 Å². The molecule has 0 saturated carbocycles. The van der Waals surface area contributed by atoms with Gasteiger partial charge in [0, 0.05) is 22.8 Å². The molecule has 1 heterocycles. The number of aryl methyl sites for hydroxylation is 1. The molecular weight excluding hydrogens is 198 g/mol. The van der Waals surface area contributed by atoms with Crippen LogP contribution in [0.5, 0.6) is 0 Å². The molecule has 0 bridgehead atoms. The van der Waals surface area contributed by atoms with Gasteiger partial charge < -0.3 is 15.2 Å². The normalized spacial score (nSPS) is 10.7. The maximum Gasteiger partial charge on any atom is 0.0698 e. The SMILES string of the molecule is Cc1ccc(CNCCOCCO)s1. The molecule has 3 nitrogen and oxygen atoms in total. The van der Waals surface area contributed by atoms with Crippen LogP contribution in [-0.4, -0.2) is 31.5 Å². The van der Waals surface area contributed by atoms with Crippen molar-refractivity contribution >= 4 is 11.3 Å². The minimum absolute atomic E-state index is 0.101. The molecule has 0 aliphatic heterocycles. The molecule has 0 aliphatic carbocycles. The highest BCUT2D eigenvalue weighted by molar-refractivity contribution is 7.11. The maximum absolute atomic E-state index is 8.46. The van der Waals surface area contributed by atoms with E-state index in [1.54, 1.807) is 0 Å². The van der Waals surface area contributed by atoms with Gasteiger partial charge >= 0.3 is 0 Å². The van der Waals surface area contributed by atoms with Crippen molar-refractivity contribution in [1.82, 2.24) is 5.32 Å². The Bertz CT molecular complexity index is 250. The molecule has 1 aromatic heterocycles. The number of aliphatic hydroxyl groups is 1. The van der Waals surface area contributed by atoms with Gasteiger partial charge in [0.2, 0.25) is 0 Å². The highest BCUT2D eigenvalue weighted by atomic mass is 32.1. The summed E-state index contributed by atoms with van der Waals surface area (Å²) in [5.41, 5.74) is 0. The van der Waals surface area contributed by atoms with Gasteiger partial charge in [-0.15, -0.1) is 11.3 Å². The van der Waals surface area contributed by atoms with Gasteiger partial charge in [-0.05, 0) is 19.1 Å². The Kier molecular flexibility index (Phi) is 5.78. The molecule has 4 heteroatoms. The van der Waals surface area contributed by atoms with Crippen molar-refractivity contribution in [2.24, 2.45) is 0 Å². The molecule has 0 radical (unpaired) electrons. The smallest absolute Gasteiger partial charge is 0.0698 e. The molecule has 0 spiro atoms. The van der Waals surface area contributed by atoms with Gasteiger partial charge in [0.1, 0.15) is 0 Å². The van der Waals surface area contributed by atoms with Crippen LogP contribution in [0.15, 0.2) is 12.1 Å². The van der Waals surface area contributed by atoms with Crippen LogP contribution in [-0.2, 0) is 11.3 Å². The number of hydrogen-bond acceptors (Lipinski definition) is 4. The van der Waals surface area contributed by atoms with Crippen molar-refractivity contribution < 1.29 is 9.84 Å². The first-order chi connectivity index (χ1) is 6.83. The second-order valence-electron chi connectivity index (χ2n) is 3.03. The summed E-state index contributed by atoms with van der Waals surface area (Å²) in [6.45, 7) is 5.03. The van der Waals surface area contributed by atoms with Crippen LogP contribution in [0, 0.1) is 6.92 Å². The number of hydrogen-bond donors (Lipinski definition) is 2. The Hall–Kier alpha value is -0.420. The lowest BCUT2D eigenvalue weighted by molar-refractivity contribution is 0.0938. The Labute approximate surface area is 88.7 Å². The zero-order valence-electron chi connectivity index (χ0n) is 8.45. The van der Waals surface area contributed by atoms with Gasteiger partial charge in [0.25, 0.3) is 0 Å². The molecule has 0 atom stereocenters. The van der Waals surface area contributed by atoms with E-state index in [1.807, 2.05) is 11.3 Å². The molecule has 80 valence electrons. The molecule has 1 rings (SSSR count). The Balaban J connectivity index is 1.99.